The van der Waals surface area contributed by atoms with Crippen molar-refractivity contribution in [3.8, 4) is 0 Å². The first kappa shape index (κ1) is 13.0. The lowest BCUT2D eigenvalue weighted by molar-refractivity contribution is 0.346. The zero-order valence-electron chi connectivity index (χ0n) is 8.96. The van der Waals surface area contributed by atoms with Gasteiger partial charge < -0.3 is 4.74 Å². The summed E-state index contributed by atoms with van der Waals surface area (Å²) in [6, 6.07) is 4.17. The summed E-state index contributed by atoms with van der Waals surface area (Å²) in [4.78, 5) is 1.19. The van der Waals surface area contributed by atoms with Gasteiger partial charge in [0.25, 0.3) is 0 Å². The lowest BCUT2D eigenvalue weighted by atomic mass is 10.2. The SMILES string of the molecule is CCOC(=S)Sc1c(C)cc(Br)cc1C. The van der Waals surface area contributed by atoms with Crippen LogP contribution in [0, 0.1) is 13.8 Å². The average Bonchev–Trinajstić information content (AvgIpc) is 2.11. The molecular weight excluding hydrogens is 292 g/mol. The van der Waals surface area contributed by atoms with E-state index in [0.717, 1.165) is 4.47 Å². The quantitative estimate of drug-likeness (QED) is 0.589. The molecule has 0 heterocycles. The fourth-order valence-electron chi connectivity index (χ4n) is 1.29. The van der Waals surface area contributed by atoms with Gasteiger partial charge in [-0.15, -0.1) is 0 Å². The molecule has 0 saturated carbocycles. The Morgan fingerprint density at radius 3 is 2.40 bits per heavy atom. The van der Waals surface area contributed by atoms with E-state index < -0.39 is 0 Å². The Bertz CT molecular complexity index is 354. The Morgan fingerprint density at radius 1 is 1.40 bits per heavy atom. The highest BCUT2D eigenvalue weighted by atomic mass is 79.9. The van der Waals surface area contributed by atoms with Crippen LogP contribution in [0.25, 0.3) is 0 Å². The molecule has 0 bridgehead atoms. The molecule has 0 N–H and O–H groups in total. The number of thioether (sulfide) groups is 1. The maximum absolute atomic E-state index is 5.27. The van der Waals surface area contributed by atoms with Crippen molar-refractivity contribution in [2.75, 3.05) is 6.61 Å². The van der Waals surface area contributed by atoms with E-state index >= 15 is 0 Å². The van der Waals surface area contributed by atoms with Gasteiger partial charge in [0.15, 0.2) is 0 Å². The molecule has 0 radical (unpaired) electrons. The lowest BCUT2D eigenvalue weighted by Gasteiger charge is -2.10. The van der Waals surface area contributed by atoms with Crippen LogP contribution in [0.2, 0.25) is 0 Å². The highest BCUT2D eigenvalue weighted by Gasteiger charge is 2.08. The first-order valence-corrected chi connectivity index (χ1v) is 6.67. The molecule has 0 aromatic heterocycles. The Hall–Kier alpha value is -0.0600. The zero-order valence-corrected chi connectivity index (χ0v) is 12.2. The van der Waals surface area contributed by atoms with E-state index in [9.17, 15) is 0 Å². The molecule has 0 aliphatic heterocycles. The Kier molecular flexibility index (Phi) is 5.09. The highest BCUT2D eigenvalue weighted by Crippen LogP contribution is 2.30. The molecule has 0 amide bonds. The van der Waals surface area contributed by atoms with Crippen LogP contribution >= 0.6 is 39.9 Å². The molecule has 1 aromatic rings. The second kappa shape index (κ2) is 5.87. The molecule has 0 atom stereocenters. The maximum atomic E-state index is 5.27. The molecule has 82 valence electrons. The third kappa shape index (κ3) is 3.78. The normalized spacial score (nSPS) is 10.1. The summed E-state index contributed by atoms with van der Waals surface area (Å²) in [5.41, 5.74) is 2.43. The minimum atomic E-state index is 0.589. The minimum Gasteiger partial charge on any atom is -0.479 e. The predicted molar refractivity (Wildman–Crippen MR) is 73.7 cm³/mol. The summed E-state index contributed by atoms with van der Waals surface area (Å²) in [6.07, 6.45) is 0. The Labute approximate surface area is 109 Å². The van der Waals surface area contributed by atoms with Gasteiger partial charge in [0, 0.05) is 9.37 Å². The number of aryl methyl sites for hydroxylation is 2. The Morgan fingerprint density at radius 2 is 1.93 bits per heavy atom. The van der Waals surface area contributed by atoms with E-state index in [1.54, 1.807) is 0 Å². The van der Waals surface area contributed by atoms with Crippen molar-refractivity contribution in [2.45, 2.75) is 25.7 Å². The van der Waals surface area contributed by atoms with Gasteiger partial charge in [0.1, 0.15) is 0 Å². The van der Waals surface area contributed by atoms with Crippen molar-refractivity contribution in [1.82, 2.24) is 0 Å². The van der Waals surface area contributed by atoms with Gasteiger partial charge in [-0.05, 0) is 68.0 Å². The summed E-state index contributed by atoms with van der Waals surface area (Å²) >= 11 is 10.1. The summed E-state index contributed by atoms with van der Waals surface area (Å²) in [7, 11) is 0. The zero-order chi connectivity index (χ0) is 11.4. The van der Waals surface area contributed by atoms with Crippen LogP contribution in [0.4, 0.5) is 0 Å². The van der Waals surface area contributed by atoms with E-state index in [-0.39, 0.29) is 0 Å². The van der Waals surface area contributed by atoms with E-state index in [0.29, 0.717) is 11.0 Å². The number of ether oxygens (including phenoxy) is 1. The van der Waals surface area contributed by atoms with Gasteiger partial charge >= 0.3 is 0 Å². The van der Waals surface area contributed by atoms with Gasteiger partial charge in [-0.2, -0.15) is 0 Å². The molecule has 0 saturated heterocycles. The first-order valence-electron chi connectivity index (χ1n) is 4.66. The summed E-state index contributed by atoms with van der Waals surface area (Å²) in [6.45, 7) is 6.72. The molecule has 1 rings (SSSR count). The van der Waals surface area contributed by atoms with Crippen LogP contribution < -0.4 is 0 Å². The monoisotopic (exact) mass is 304 g/mol. The molecule has 0 aliphatic rings. The van der Waals surface area contributed by atoms with E-state index in [1.165, 1.54) is 27.8 Å². The average molecular weight is 305 g/mol. The molecule has 1 aromatic carbocycles. The number of halogens is 1. The number of benzene rings is 1. The molecule has 15 heavy (non-hydrogen) atoms. The van der Waals surface area contributed by atoms with Crippen molar-refractivity contribution in [3.63, 3.8) is 0 Å². The van der Waals surface area contributed by atoms with Gasteiger partial charge in [-0.1, -0.05) is 15.9 Å². The highest BCUT2D eigenvalue weighted by molar-refractivity contribution is 9.10. The van der Waals surface area contributed by atoms with Gasteiger partial charge in [-0.3, -0.25) is 0 Å². The van der Waals surface area contributed by atoms with Crippen LogP contribution in [0.1, 0.15) is 18.1 Å². The topological polar surface area (TPSA) is 9.23 Å². The number of hydrogen-bond donors (Lipinski definition) is 0. The molecule has 0 aliphatic carbocycles. The molecule has 1 nitrogen and oxygen atoms in total. The third-order valence-corrected chi connectivity index (χ3v) is 3.83. The molecule has 4 heteroatoms. The van der Waals surface area contributed by atoms with Crippen molar-refractivity contribution in [2.24, 2.45) is 0 Å². The van der Waals surface area contributed by atoms with Crippen molar-refractivity contribution >= 4 is 44.3 Å². The first-order chi connectivity index (χ1) is 7.04. The fraction of sp³-hybridized carbons (Fsp3) is 0.364. The summed E-state index contributed by atoms with van der Waals surface area (Å²) in [5.74, 6) is 0. The summed E-state index contributed by atoms with van der Waals surface area (Å²) < 4.78 is 6.96. The smallest absolute Gasteiger partial charge is 0.224 e. The second-order valence-corrected chi connectivity index (χ2v) is 5.68. The lowest BCUT2D eigenvalue weighted by Crippen LogP contribution is -1.97. The van der Waals surface area contributed by atoms with E-state index in [2.05, 4.69) is 41.9 Å². The number of thiocarbonyl (C=S) groups is 1. The van der Waals surface area contributed by atoms with E-state index in [1.807, 2.05) is 6.92 Å². The molecule has 0 unspecified atom stereocenters. The largest absolute Gasteiger partial charge is 0.479 e. The molecule has 0 spiro atoms. The Balaban J connectivity index is 2.90. The van der Waals surface area contributed by atoms with Gasteiger partial charge in [-0.25, -0.2) is 0 Å². The predicted octanol–water partition coefficient (Wildman–Crippen LogP) is 4.48. The van der Waals surface area contributed by atoms with E-state index in [4.69, 9.17) is 17.0 Å². The van der Waals surface area contributed by atoms with Crippen molar-refractivity contribution in [1.29, 1.82) is 0 Å². The van der Waals surface area contributed by atoms with Crippen molar-refractivity contribution < 1.29 is 4.74 Å². The minimum absolute atomic E-state index is 0.589. The molecular formula is C11H13BrOS2. The van der Waals surface area contributed by atoms with Crippen molar-refractivity contribution in [3.05, 3.63) is 27.7 Å². The number of hydrogen-bond acceptors (Lipinski definition) is 3. The molecule has 0 fully saturated rings. The third-order valence-electron chi connectivity index (χ3n) is 1.87. The summed E-state index contributed by atoms with van der Waals surface area (Å²) in [5, 5.41) is 0. The van der Waals surface area contributed by atoms with Crippen LogP contribution in [-0.4, -0.2) is 11.0 Å². The van der Waals surface area contributed by atoms with Crippen LogP contribution in [-0.2, 0) is 4.74 Å². The fourth-order valence-corrected chi connectivity index (χ4v) is 3.13. The van der Waals surface area contributed by atoms with Crippen LogP contribution in [0.15, 0.2) is 21.5 Å². The van der Waals surface area contributed by atoms with Gasteiger partial charge in [0.2, 0.25) is 4.38 Å². The van der Waals surface area contributed by atoms with Crippen LogP contribution in [0.5, 0.6) is 0 Å². The second-order valence-electron chi connectivity index (χ2n) is 3.15. The standard InChI is InChI=1S/C11H13BrOS2/c1-4-13-11(14)15-10-7(2)5-9(12)6-8(10)3/h5-6H,4H2,1-3H3. The van der Waals surface area contributed by atoms with Gasteiger partial charge in [0.05, 0.1) is 6.61 Å². The maximum Gasteiger partial charge on any atom is 0.224 e. The van der Waals surface area contributed by atoms with Crippen LogP contribution in [0.3, 0.4) is 0 Å². The number of rotatable bonds is 2.